The zero-order valence-corrected chi connectivity index (χ0v) is 14.9. The first-order valence-corrected chi connectivity index (χ1v) is 8.61. The lowest BCUT2D eigenvalue weighted by atomic mass is 10.1. The third kappa shape index (κ3) is 2.60. The van der Waals surface area contributed by atoms with Crippen LogP contribution in [0.2, 0.25) is 0 Å². The van der Waals surface area contributed by atoms with Crippen LogP contribution in [0.1, 0.15) is 0 Å². The maximum absolute atomic E-state index is 4.86. The van der Waals surface area contributed by atoms with Crippen molar-refractivity contribution in [2.45, 2.75) is 0 Å². The van der Waals surface area contributed by atoms with E-state index in [1.807, 2.05) is 61.7 Å². The van der Waals surface area contributed by atoms with Crippen molar-refractivity contribution in [1.82, 2.24) is 30.1 Å². The Bertz CT molecular complexity index is 1230. The summed E-state index contributed by atoms with van der Waals surface area (Å²) in [5, 5.41) is 8.58. The highest BCUT2D eigenvalue weighted by atomic mass is 15.1. The summed E-state index contributed by atoms with van der Waals surface area (Å²) in [5.41, 5.74) is 7.06. The zero-order valence-electron chi connectivity index (χ0n) is 14.9. The number of aromatic amines is 2. The van der Waals surface area contributed by atoms with Crippen LogP contribution in [0.3, 0.4) is 0 Å². The van der Waals surface area contributed by atoms with Crippen molar-refractivity contribution < 1.29 is 0 Å². The molecule has 5 heterocycles. The standard InChI is InChI=1S/C20H17N7/c1-27(2)14-8-13(10-21-11-14)15-5-6-16-18(23-15)19(26-25-16)17-9-12-4-3-7-22-20(12)24-17/h3-11H,1-2H3,(H,22,24)(H,25,26). The van der Waals surface area contributed by atoms with E-state index in [0.717, 1.165) is 50.4 Å². The molecule has 0 unspecified atom stereocenters. The van der Waals surface area contributed by atoms with Gasteiger partial charge in [-0.1, -0.05) is 0 Å². The SMILES string of the molecule is CN(C)c1cncc(-c2ccc3[nH]nc(-c4cc5cccnc5[nH]4)c3n2)c1. The first-order valence-electron chi connectivity index (χ1n) is 8.61. The summed E-state index contributed by atoms with van der Waals surface area (Å²) in [7, 11) is 3.99. The van der Waals surface area contributed by atoms with Gasteiger partial charge in [-0.05, 0) is 36.4 Å². The van der Waals surface area contributed by atoms with Gasteiger partial charge in [0, 0.05) is 37.4 Å². The molecule has 0 saturated heterocycles. The predicted molar refractivity (Wildman–Crippen MR) is 107 cm³/mol. The third-order valence-electron chi connectivity index (χ3n) is 4.59. The van der Waals surface area contributed by atoms with Gasteiger partial charge in [-0.3, -0.25) is 10.1 Å². The minimum atomic E-state index is 0.779. The topological polar surface area (TPSA) is 86.4 Å². The number of rotatable bonds is 3. The van der Waals surface area contributed by atoms with E-state index in [2.05, 4.69) is 31.2 Å². The van der Waals surface area contributed by atoms with Gasteiger partial charge in [0.2, 0.25) is 0 Å². The second-order valence-electron chi connectivity index (χ2n) is 6.62. The number of anilines is 1. The molecule has 7 nitrogen and oxygen atoms in total. The summed E-state index contributed by atoms with van der Waals surface area (Å²) in [5.74, 6) is 0. The molecule has 5 aromatic rings. The second-order valence-corrected chi connectivity index (χ2v) is 6.62. The quantitative estimate of drug-likeness (QED) is 0.516. The number of hydrogen-bond donors (Lipinski definition) is 2. The normalized spacial score (nSPS) is 11.3. The Morgan fingerprint density at radius 2 is 1.96 bits per heavy atom. The number of aromatic nitrogens is 6. The Kier molecular flexibility index (Phi) is 3.39. The number of fused-ring (bicyclic) bond motifs is 2. The minimum Gasteiger partial charge on any atom is -0.376 e. The Balaban J connectivity index is 1.65. The van der Waals surface area contributed by atoms with Gasteiger partial charge in [0.05, 0.1) is 28.8 Å². The molecule has 0 aromatic carbocycles. The highest BCUT2D eigenvalue weighted by Gasteiger charge is 2.14. The van der Waals surface area contributed by atoms with E-state index in [0.29, 0.717) is 0 Å². The highest BCUT2D eigenvalue weighted by Crippen LogP contribution is 2.29. The fourth-order valence-electron chi connectivity index (χ4n) is 3.15. The van der Waals surface area contributed by atoms with E-state index in [-0.39, 0.29) is 0 Å². The molecule has 7 heteroatoms. The van der Waals surface area contributed by atoms with Crippen molar-refractivity contribution in [3.63, 3.8) is 0 Å². The fourth-order valence-corrected chi connectivity index (χ4v) is 3.15. The van der Waals surface area contributed by atoms with Crippen LogP contribution < -0.4 is 4.90 Å². The third-order valence-corrected chi connectivity index (χ3v) is 4.59. The van der Waals surface area contributed by atoms with Crippen LogP contribution in [0.15, 0.2) is 55.0 Å². The molecule has 0 aliphatic rings. The minimum absolute atomic E-state index is 0.779. The summed E-state index contributed by atoms with van der Waals surface area (Å²) in [6.07, 6.45) is 5.43. The zero-order chi connectivity index (χ0) is 18.4. The van der Waals surface area contributed by atoms with Crippen LogP contribution in [0.5, 0.6) is 0 Å². The molecule has 2 N–H and O–H groups in total. The van der Waals surface area contributed by atoms with Gasteiger partial charge in [0.1, 0.15) is 16.9 Å². The van der Waals surface area contributed by atoms with Crippen molar-refractivity contribution in [1.29, 1.82) is 0 Å². The van der Waals surface area contributed by atoms with Crippen LogP contribution in [-0.4, -0.2) is 44.2 Å². The van der Waals surface area contributed by atoms with Gasteiger partial charge in [0.25, 0.3) is 0 Å². The number of nitrogens with zero attached hydrogens (tertiary/aromatic N) is 5. The van der Waals surface area contributed by atoms with Gasteiger partial charge in [0.15, 0.2) is 0 Å². The van der Waals surface area contributed by atoms with E-state index < -0.39 is 0 Å². The number of nitrogens with one attached hydrogen (secondary N) is 2. The largest absolute Gasteiger partial charge is 0.376 e. The first-order chi connectivity index (χ1) is 13.2. The molecule has 0 aliphatic heterocycles. The molecule has 0 aliphatic carbocycles. The van der Waals surface area contributed by atoms with Gasteiger partial charge in [-0.25, -0.2) is 9.97 Å². The molecular formula is C20H17N7. The molecular weight excluding hydrogens is 338 g/mol. The first kappa shape index (κ1) is 15.5. The van der Waals surface area contributed by atoms with Gasteiger partial charge >= 0.3 is 0 Å². The smallest absolute Gasteiger partial charge is 0.137 e. The molecule has 0 bridgehead atoms. The maximum Gasteiger partial charge on any atom is 0.137 e. The molecule has 0 spiro atoms. The molecule has 0 radical (unpaired) electrons. The van der Waals surface area contributed by atoms with Crippen LogP contribution in [0, 0.1) is 0 Å². The predicted octanol–water partition coefficient (Wildman–Crippen LogP) is 3.63. The number of pyridine rings is 3. The summed E-state index contributed by atoms with van der Waals surface area (Å²) in [6.45, 7) is 0. The van der Waals surface area contributed by atoms with Crippen molar-refractivity contribution >= 4 is 27.8 Å². The van der Waals surface area contributed by atoms with Crippen LogP contribution in [-0.2, 0) is 0 Å². The molecule has 0 amide bonds. The summed E-state index contributed by atoms with van der Waals surface area (Å²) >= 11 is 0. The van der Waals surface area contributed by atoms with Gasteiger partial charge < -0.3 is 9.88 Å². The lowest BCUT2D eigenvalue weighted by Crippen LogP contribution is -2.08. The average Bonchev–Trinajstić information content (AvgIpc) is 3.31. The van der Waals surface area contributed by atoms with Crippen LogP contribution in [0.25, 0.3) is 44.7 Å². The lowest BCUT2D eigenvalue weighted by molar-refractivity contribution is 1.11. The fraction of sp³-hybridized carbons (Fsp3) is 0.100. The molecule has 27 heavy (non-hydrogen) atoms. The Hall–Kier alpha value is -3.74. The second kappa shape index (κ2) is 5.91. The van der Waals surface area contributed by atoms with E-state index in [4.69, 9.17) is 4.98 Å². The highest BCUT2D eigenvalue weighted by molar-refractivity contribution is 5.93. The van der Waals surface area contributed by atoms with Crippen LogP contribution >= 0.6 is 0 Å². The molecule has 132 valence electrons. The number of H-pyrrole nitrogens is 2. The van der Waals surface area contributed by atoms with Crippen molar-refractivity contribution in [3.8, 4) is 22.6 Å². The Morgan fingerprint density at radius 1 is 1.04 bits per heavy atom. The summed E-state index contributed by atoms with van der Waals surface area (Å²) in [4.78, 5) is 18.9. The summed E-state index contributed by atoms with van der Waals surface area (Å²) in [6, 6.07) is 12.0. The van der Waals surface area contributed by atoms with E-state index >= 15 is 0 Å². The number of hydrogen-bond acceptors (Lipinski definition) is 5. The summed E-state index contributed by atoms with van der Waals surface area (Å²) < 4.78 is 0. The van der Waals surface area contributed by atoms with E-state index in [1.165, 1.54) is 0 Å². The Labute approximate surface area is 155 Å². The van der Waals surface area contributed by atoms with E-state index in [1.54, 1.807) is 6.20 Å². The van der Waals surface area contributed by atoms with E-state index in [9.17, 15) is 0 Å². The molecule has 0 atom stereocenters. The monoisotopic (exact) mass is 355 g/mol. The lowest BCUT2D eigenvalue weighted by Gasteiger charge is -2.12. The molecule has 0 saturated carbocycles. The van der Waals surface area contributed by atoms with Gasteiger partial charge in [-0.2, -0.15) is 5.10 Å². The maximum atomic E-state index is 4.86. The Morgan fingerprint density at radius 3 is 2.81 bits per heavy atom. The van der Waals surface area contributed by atoms with Gasteiger partial charge in [-0.15, -0.1) is 0 Å². The average molecular weight is 355 g/mol. The van der Waals surface area contributed by atoms with Crippen molar-refractivity contribution in [2.75, 3.05) is 19.0 Å². The van der Waals surface area contributed by atoms with Crippen molar-refractivity contribution in [3.05, 3.63) is 55.0 Å². The van der Waals surface area contributed by atoms with Crippen molar-refractivity contribution in [2.24, 2.45) is 0 Å². The van der Waals surface area contributed by atoms with Crippen LogP contribution in [0.4, 0.5) is 5.69 Å². The molecule has 0 fully saturated rings. The molecule has 5 rings (SSSR count). The molecule has 5 aromatic heterocycles.